The van der Waals surface area contributed by atoms with Crippen LogP contribution in [0, 0.1) is 5.92 Å². The van der Waals surface area contributed by atoms with Crippen molar-refractivity contribution < 1.29 is 9.90 Å². The van der Waals surface area contributed by atoms with Crippen LogP contribution in [0.25, 0.3) is 0 Å². The van der Waals surface area contributed by atoms with Crippen molar-refractivity contribution in [1.29, 1.82) is 0 Å². The maximum Gasteiger partial charge on any atom is 0.234 e. The van der Waals surface area contributed by atoms with Gasteiger partial charge in [-0.15, -0.1) is 6.58 Å². The van der Waals surface area contributed by atoms with Gasteiger partial charge < -0.3 is 15.7 Å². The van der Waals surface area contributed by atoms with Gasteiger partial charge in [0, 0.05) is 17.8 Å². The van der Waals surface area contributed by atoms with Crippen molar-refractivity contribution in [2.45, 2.75) is 77.5 Å². The molecule has 0 aromatic carbocycles. The number of amides is 1. The van der Waals surface area contributed by atoms with Crippen LogP contribution in [0.2, 0.25) is 0 Å². The Bertz CT molecular complexity index is 793. The molecule has 1 aliphatic carbocycles. The van der Waals surface area contributed by atoms with Gasteiger partial charge in [-0.1, -0.05) is 29.9 Å². The number of hydrogen-bond acceptors (Lipinski definition) is 5. The van der Waals surface area contributed by atoms with Crippen molar-refractivity contribution >= 4 is 5.91 Å². The Morgan fingerprint density at radius 2 is 2.16 bits per heavy atom. The Labute approximate surface area is 185 Å². The van der Waals surface area contributed by atoms with Crippen LogP contribution in [0.5, 0.6) is 0 Å². The molecular formula is C24H37N5O2. The number of H-pyrrole nitrogens is 1. The Hall–Kier alpha value is -2.51. The lowest BCUT2D eigenvalue weighted by atomic mass is 9.92. The highest BCUT2D eigenvalue weighted by Crippen LogP contribution is 2.26. The molecule has 1 saturated heterocycles. The van der Waals surface area contributed by atoms with Gasteiger partial charge >= 0.3 is 0 Å². The number of aliphatic hydroxyl groups is 1. The summed E-state index contributed by atoms with van der Waals surface area (Å²) in [7, 11) is 0. The van der Waals surface area contributed by atoms with E-state index in [0.29, 0.717) is 17.8 Å². The van der Waals surface area contributed by atoms with Crippen molar-refractivity contribution in [3.8, 4) is 0 Å². The summed E-state index contributed by atoms with van der Waals surface area (Å²) in [5.41, 5.74) is 2.00. The molecule has 1 fully saturated rings. The van der Waals surface area contributed by atoms with Gasteiger partial charge in [-0.25, -0.2) is 4.98 Å². The van der Waals surface area contributed by atoms with Crippen LogP contribution in [-0.2, 0) is 4.79 Å². The summed E-state index contributed by atoms with van der Waals surface area (Å²) in [5, 5.41) is 23.1. The molecule has 4 N–H and O–H groups in total. The van der Waals surface area contributed by atoms with E-state index in [0.717, 1.165) is 31.4 Å². The highest BCUT2D eigenvalue weighted by atomic mass is 16.3. The van der Waals surface area contributed by atoms with Gasteiger partial charge in [0.05, 0.1) is 12.0 Å². The molecule has 1 amide bonds. The highest BCUT2D eigenvalue weighted by Gasteiger charge is 2.29. The van der Waals surface area contributed by atoms with Crippen LogP contribution in [-0.4, -0.2) is 44.4 Å². The molecule has 7 nitrogen and oxygen atoms in total. The molecule has 2 unspecified atom stereocenters. The SMILES string of the molecule is C/C=C/[C@@H](O)[C@H]1CC[C@@H](CC2C=CC(NC(=O)C(C)c3ncn[nH]3)=CC2)N1.C=C(C)C. The van der Waals surface area contributed by atoms with Crippen molar-refractivity contribution in [1.82, 2.24) is 25.8 Å². The third-order valence-electron chi connectivity index (χ3n) is 5.36. The van der Waals surface area contributed by atoms with Crippen LogP contribution in [0.15, 0.2) is 54.6 Å². The Kier molecular flexibility index (Phi) is 9.88. The number of carbonyl (C=O) groups is 1. The van der Waals surface area contributed by atoms with Crippen molar-refractivity contribution in [3.63, 3.8) is 0 Å². The molecule has 2 heterocycles. The summed E-state index contributed by atoms with van der Waals surface area (Å²) in [6.45, 7) is 11.2. The van der Waals surface area contributed by atoms with E-state index in [1.807, 2.05) is 39.0 Å². The van der Waals surface area contributed by atoms with Crippen LogP contribution >= 0.6 is 0 Å². The summed E-state index contributed by atoms with van der Waals surface area (Å²) < 4.78 is 0. The zero-order valence-electron chi connectivity index (χ0n) is 19.1. The van der Waals surface area contributed by atoms with Gasteiger partial charge in [0.2, 0.25) is 5.91 Å². The monoisotopic (exact) mass is 427 g/mol. The zero-order chi connectivity index (χ0) is 22.8. The van der Waals surface area contributed by atoms with Gasteiger partial charge in [-0.05, 0) is 65.4 Å². The van der Waals surface area contributed by atoms with Crippen LogP contribution in [0.1, 0.15) is 65.1 Å². The minimum atomic E-state index is -0.407. The molecule has 1 aromatic heterocycles. The molecule has 170 valence electrons. The number of aliphatic hydroxyl groups excluding tert-OH is 1. The first-order chi connectivity index (χ1) is 14.8. The van der Waals surface area contributed by atoms with E-state index < -0.39 is 6.10 Å². The molecule has 2 aliphatic rings. The third-order valence-corrected chi connectivity index (χ3v) is 5.36. The quantitative estimate of drug-likeness (QED) is 0.499. The van der Waals surface area contributed by atoms with E-state index in [1.165, 1.54) is 11.9 Å². The first-order valence-electron chi connectivity index (χ1n) is 11.0. The molecule has 31 heavy (non-hydrogen) atoms. The molecule has 0 spiro atoms. The minimum Gasteiger partial charge on any atom is -0.387 e. The summed E-state index contributed by atoms with van der Waals surface area (Å²) in [5.74, 6) is 0.544. The van der Waals surface area contributed by atoms with Gasteiger partial charge in [0.15, 0.2) is 0 Å². The van der Waals surface area contributed by atoms with E-state index in [-0.39, 0.29) is 17.9 Å². The first kappa shape index (κ1) is 24.8. The zero-order valence-corrected chi connectivity index (χ0v) is 19.1. The number of allylic oxidation sites excluding steroid dienone is 5. The fourth-order valence-corrected chi connectivity index (χ4v) is 3.73. The van der Waals surface area contributed by atoms with E-state index in [1.54, 1.807) is 6.92 Å². The predicted molar refractivity (Wildman–Crippen MR) is 124 cm³/mol. The molecule has 0 bridgehead atoms. The predicted octanol–water partition coefficient (Wildman–Crippen LogP) is 3.51. The normalized spacial score (nSPS) is 24.8. The average molecular weight is 428 g/mol. The minimum absolute atomic E-state index is 0.0978. The van der Waals surface area contributed by atoms with E-state index in [4.69, 9.17) is 0 Å². The summed E-state index contributed by atoms with van der Waals surface area (Å²) >= 11 is 0. The van der Waals surface area contributed by atoms with Crippen LogP contribution < -0.4 is 10.6 Å². The number of carbonyl (C=O) groups excluding carboxylic acids is 1. The molecule has 3 rings (SSSR count). The fraction of sp³-hybridized carbons (Fsp3) is 0.542. The molecule has 1 aliphatic heterocycles. The van der Waals surface area contributed by atoms with E-state index >= 15 is 0 Å². The Morgan fingerprint density at radius 1 is 1.42 bits per heavy atom. The first-order valence-corrected chi connectivity index (χ1v) is 11.0. The molecular weight excluding hydrogens is 390 g/mol. The molecule has 7 heteroatoms. The number of nitrogens with one attached hydrogen (secondary N) is 3. The van der Waals surface area contributed by atoms with Crippen molar-refractivity contribution in [2.75, 3.05) is 0 Å². The van der Waals surface area contributed by atoms with Crippen LogP contribution in [0.3, 0.4) is 0 Å². The molecule has 0 radical (unpaired) electrons. The lowest BCUT2D eigenvalue weighted by Crippen LogP contribution is -2.38. The van der Waals surface area contributed by atoms with Crippen molar-refractivity contribution in [2.24, 2.45) is 5.92 Å². The van der Waals surface area contributed by atoms with Gasteiger partial charge in [0.25, 0.3) is 0 Å². The second-order valence-corrected chi connectivity index (χ2v) is 8.60. The van der Waals surface area contributed by atoms with Crippen LogP contribution in [0.4, 0.5) is 0 Å². The van der Waals surface area contributed by atoms with Gasteiger partial charge in [0.1, 0.15) is 12.2 Å². The standard InChI is InChI=1S/C20H29N5O2.C4H8/c1-3-4-18(26)17-10-9-16(23-17)11-14-5-7-15(8-6-14)24-20(27)13(2)19-21-12-22-25-19;1-4(2)3/h3-5,7-8,12-14,16-18,23,26H,6,9-11H2,1-2H3,(H,24,27)(H,21,22,25);1H2,2-3H3/b4-3+;/t13?,14?,16-,17+,18+;/m0./s1. The Morgan fingerprint density at radius 3 is 2.74 bits per heavy atom. The maximum atomic E-state index is 12.3. The number of aromatic amines is 1. The Balaban J connectivity index is 0.000000785. The van der Waals surface area contributed by atoms with Gasteiger partial charge in [-0.3, -0.25) is 9.89 Å². The van der Waals surface area contributed by atoms with Crippen molar-refractivity contribution in [3.05, 3.63) is 60.4 Å². The largest absolute Gasteiger partial charge is 0.387 e. The summed E-state index contributed by atoms with van der Waals surface area (Å²) in [6, 6.07) is 0.585. The lowest BCUT2D eigenvalue weighted by molar-refractivity contribution is -0.121. The second-order valence-electron chi connectivity index (χ2n) is 8.60. The number of aromatic nitrogens is 3. The smallest absolute Gasteiger partial charge is 0.234 e. The number of hydrogen-bond donors (Lipinski definition) is 4. The molecule has 5 atom stereocenters. The molecule has 0 saturated carbocycles. The highest BCUT2D eigenvalue weighted by molar-refractivity contribution is 5.84. The number of nitrogens with zero attached hydrogens (tertiary/aromatic N) is 2. The topological polar surface area (TPSA) is 103 Å². The van der Waals surface area contributed by atoms with E-state index in [2.05, 4.69) is 44.5 Å². The second kappa shape index (κ2) is 12.4. The third kappa shape index (κ3) is 8.26. The summed E-state index contributed by atoms with van der Waals surface area (Å²) in [4.78, 5) is 16.3. The lowest BCUT2D eigenvalue weighted by Gasteiger charge is -2.22. The maximum absolute atomic E-state index is 12.3. The summed E-state index contributed by atoms with van der Waals surface area (Å²) in [6.07, 6.45) is 15.0. The molecule has 1 aromatic rings. The average Bonchev–Trinajstić information content (AvgIpc) is 3.41. The fourth-order valence-electron chi connectivity index (χ4n) is 3.73. The van der Waals surface area contributed by atoms with Gasteiger partial charge in [-0.2, -0.15) is 5.10 Å². The van der Waals surface area contributed by atoms with E-state index in [9.17, 15) is 9.90 Å². The number of rotatable bonds is 7.